The lowest BCUT2D eigenvalue weighted by atomic mass is 9.94. The van der Waals surface area contributed by atoms with E-state index in [1.165, 1.54) is 0 Å². The number of amides is 4. The van der Waals surface area contributed by atoms with Gasteiger partial charge in [0, 0.05) is 31.0 Å². The monoisotopic (exact) mass is 943 g/mol. The van der Waals surface area contributed by atoms with E-state index < -0.39 is 74.9 Å². The van der Waals surface area contributed by atoms with Gasteiger partial charge in [-0.05, 0) is 135 Å². The van der Waals surface area contributed by atoms with Crippen LogP contribution < -0.4 is 36.0 Å². The van der Waals surface area contributed by atoms with Gasteiger partial charge in [0.1, 0.15) is 23.4 Å². The van der Waals surface area contributed by atoms with Crippen molar-refractivity contribution in [1.82, 2.24) is 31.3 Å². The molecule has 67 heavy (non-hydrogen) atoms. The third-order valence-electron chi connectivity index (χ3n) is 11.8. The molecule has 2 aliphatic rings. The summed E-state index contributed by atoms with van der Waals surface area (Å²) in [6.45, 7) is 16.1. The molecule has 0 bridgehead atoms. The minimum Gasteiger partial charge on any atom is -0.487 e. The van der Waals surface area contributed by atoms with Crippen LogP contribution in [0.5, 0.6) is 5.75 Å². The average Bonchev–Trinajstić information content (AvgIpc) is 4.01. The fourth-order valence-corrected chi connectivity index (χ4v) is 9.76. The number of sulfonamides is 1. The van der Waals surface area contributed by atoms with Crippen molar-refractivity contribution in [2.45, 2.75) is 166 Å². The maximum Gasteiger partial charge on any atom is 0.289 e. The second-order valence-electron chi connectivity index (χ2n) is 19.3. The van der Waals surface area contributed by atoms with Crippen molar-refractivity contribution in [2.24, 2.45) is 0 Å². The first-order valence-corrected chi connectivity index (χ1v) is 24.6. The number of hydrogen-bond acceptors (Lipinski definition) is 10. The number of ketones is 1. The first-order valence-electron chi connectivity index (χ1n) is 23.1. The number of Topliss-reactive ketones (excluding diaryl/α,β-unsaturated/α-hetero) is 1. The van der Waals surface area contributed by atoms with Gasteiger partial charge in [-0.15, -0.1) is 0 Å². The van der Waals surface area contributed by atoms with E-state index in [4.69, 9.17) is 14.9 Å². The van der Waals surface area contributed by atoms with Gasteiger partial charge in [0.05, 0.1) is 22.6 Å². The van der Waals surface area contributed by atoms with Gasteiger partial charge in [-0.25, -0.2) is 13.1 Å². The van der Waals surface area contributed by atoms with Crippen LogP contribution in [0.1, 0.15) is 113 Å². The number of guanidine groups is 1. The summed E-state index contributed by atoms with van der Waals surface area (Å²) in [7, 11) is -4.21. The fourth-order valence-electron chi connectivity index (χ4n) is 8.23. The van der Waals surface area contributed by atoms with Gasteiger partial charge in [0.25, 0.3) is 15.9 Å². The topological polar surface area (TPSA) is 234 Å². The molecule has 0 spiro atoms. The molecule has 0 aromatic heterocycles. The van der Waals surface area contributed by atoms with Crippen LogP contribution in [0, 0.1) is 26.2 Å². The zero-order valence-corrected chi connectivity index (χ0v) is 41.1. The number of nitrogens with one attached hydrogen (secondary N) is 7. The number of hydrogen-bond donors (Lipinski definition) is 7. The van der Waals surface area contributed by atoms with E-state index in [0.29, 0.717) is 41.7 Å². The Bertz CT molecular complexity index is 2400. The number of fused-ring (bicyclic) bond motifs is 1. The zero-order valence-electron chi connectivity index (χ0n) is 40.3. The molecule has 0 saturated heterocycles. The van der Waals surface area contributed by atoms with Crippen molar-refractivity contribution in [3.63, 3.8) is 0 Å². The van der Waals surface area contributed by atoms with Crippen molar-refractivity contribution in [3.8, 4) is 5.75 Å². The summed E-state index contributed by atoms with van der Waals surface area (Å²) in [6, 6.07) is 15.1. The second kappa shape index (κ2) is 22.3. The van der Waals surface area contributed by atoms with E-state index in [0.717, 1.165) is 29.5 Å². The minimum atomic E-state index is -4.21. The van der Waals surface area contributed by atoms with Crippen LogP contribution in [-0.2, 0) is 58.0 Å². The van der Waals surface area contributed by atoms with Crippen LogP contribution in [-0.4, -0.2) is 91.8 Å². The molecular formula is C50H69N7O9S. The van der Waals surface area contributed by atoms with Crippen LogP contribution in [0.2, 0.25) is 0 Å². The Morgan fingerprint density at radius 2 is 1.43 bits per heavy atom. The molecule has 17 heteroatoms. The fraction of sp³-hybridized carbons (Fsp3) is 0.520. The highest BCUT2D eigenvalue weighted by molar-refractivity contribution is 7.90. The highest BCUT2D eigenvalue weighted by atomic mass is 32.2. The summed E-state index contributed by atoms with van der Waals surface area (Å²) >= 11 is 0. The molecule has 1 heterocycles. The van der Waals surface area contributed by atoms with Crippen molar-refractivity contribution < 1.29 is 41.9 Å². The van der Waals surface area contributed by atoms with Gasteiger partial charge in [0.15, 0.2) is 0 Å². The largest absolute Gasteiger partial charge is 0.487 e. The highest BCUT2D eigenvalue weighted by Crippen LogP contribution is 2.43. The third kappa shape index (κ3) is 15.1. The van der Waals surface area contributed by atoms with Crippen LogP contribution >= 0.6 is 0 Å². The molecule has 1 saturated carbocycles. The lowest BCUT2D eigenvalue weighted by Crippen LogP contribution is -2.60. The number of ether oxygens (including phenoxy) is 2. The van der Waals surface area contributed by atoms with Gasteiger partial charge < -0.3 is 36.1 Å². The Kier molecular flexibility index (Phi) is 17.4. The normalized spacial score (nSPS) is 16.0. The molecule has 0 unspecified atom stereocenters. The number of rotatable bonds is 22. The van der Waals surface area contributed by atoms with Crippen molar-refractivity contribution >= 4 is 45.4 Å². The molecule has 3 aromatic carbocycles. The molecule has 3 aromatic rings. The van der Waals surface area contributed by atoms with Crippen molar-refractivity contribution in [2.75, 3.05) is 6.54 Å². The number of carbonyl (C=O) groups is 5. The van der Waals surface area contributed by atoms with Crippen LogP contribution in [0.3, 0.4) is 0 Å². The van der Waals surface area contributed by atoms with Gasteiger partial charge >= 0.3 is 0 Å². The van der Waals surface area contributed by atoms with E-state index in [9.17, 15) is 32.4 Å². The van der Waals surface area contributed by atoms with Crippen LogP contribution in [0.4, 0.5) is 0 Å². The molecule has 1 aliphatic carbocycles. The Morgan fingerprint density at radius 1 is 0.821 bits per heavy atom. The quantitative estimate of drug-likeness (QED) is 0.0318. The molecular weight excluding hydrogens is 875 g/mol. The Balaban J connectivity index is 1.29. The molecule has 7 N–H and O–H groups in total. The predicted octanol–water partition coefficient (Wildman–Crippen LogP) is 4.68. The molecule has 5 rings (SSSR count). The molecule has 364 valence electrons. The van der Waals surface area contributed by atoms with E-state index in [1.54, 1.807) is 41.5 Å². The average molecular weight is 944 g/mol. The molecule has 4 atom stereocenters. The lowest BCUT2D eigenvalue weighted by molar-refractivity contribution is -0.143. The molecule has 16 nitrogen and oxygen atoms in total. The maximum absolute atomic E-state index is 14.4. The van der Waals surface area contributed by atoms with E-state index in [2.05, 4.69) is 31.3 Å². The summed E-state index contributed by atoms with van der Waals surface area (Å²) in [5.74, 6) is -3.37. The lowest BCUT2D eigenvalue weighted by Gasteiger charge is -2.32. The standard InChI is InChI=1S/C50H69N7O9S/c1-30-31(2)44(32(3)37-29-50(8,9)66-43(30)37)67(63,64)57-48(51)52-28-16-21-38(42(59)47(62)53-36-24-25-36)55-46(61)41(33(4)65-49(5,6)7)56-45(60)39(26-22-34-17-12-10-13-18-34)54-40(58)27-23-35-19-14-11-15-20-35/h10-15,17-20,33,36,38-39,41H,16,21-29H2,1-9H3,(H,53,62)(H,54,58)(H,55,61)(H,56,60)(H3,51,52,57)/t33-,38+,39+,41+/m1/s1. The zero-order chi connectivity index (χ0) is 49.3. The SMILES string of the molecule is Cc1c(C)c(S(=O)(=O)NC(=N)NCCC[C@H](NC(=O)[C@@H](NC(=O)[C@H](CCc2ccccc2)NC(=O)CCc2ccccc2)[C@@H](C)OC(C)(C)C)C(=O)C(=O)NC2CC2)c(C)c2c1OC(C)(C)C2. The Hall–Kier alpha value is -5.81. The number of benzene rings is 3. The summed E-state index contributed by atoms with van der Waals surface area (Å²) in [4.78, 5) is 68.9. The molecule has 1 fully saturated rings. The van der Waals surface area contributed by atoms with Crippen molar-refractivity contribution in [3.05, 3.63) is 94.0 Å². The minimum absolute atomic E-state index is 0.00871. The van der Waals surface area contributed by atoms with Crippen molar-refractivity contribution in [1.29, 1.82) is 5.41 Å². The molecule has 4 amide bonds. The summed E-state index contributed by atoms with van der Waals surface area (Å²) in [6.07, 6.45) is 2.30. The number of aryl methyl sites for hydroxylation is 2. The van der Waals surface area contributed by atoms with Gasteiger partial charge in [-0.3, -0.25) is 29.4 Å². The second-order valence-corrected chi connectivity index (χ2v) is 20.9. The third-order valence-corrected chi connectivity index (χ3v) is 13.4. The summed E-state index contributed by atoms with van der Waals surface area (Å²) in [5, 5.41) is 22.3. The molecule has 1 aliphatic heterocycles. The van der Waals surface area contributed by atoms with Crippen LogP contribution in [0.15, 0.2) is 65.6 Å². The maximum atomic E-state index is 14.4. The first-order chi connectivity index (χ1) is 31.4. The van der Waals surface area contributed by atoms with E-state index >= 15 is 0 Å². The van der Waals surface area contributed by atoms with E-state index in [1.807, 2.05) is 81.4 Å². The Labute approximate surface area is 395 Å². The van der Waals surface area contributed by atoms with E-state index in [-0.39, 0.29) is 49.1 Å². The summed E-state index contributed by atoms with van der Waals surface area (Å²) < 4.78 is 42.1. The smallest absolute Gasteiger partial charge is 0.289 e. The first kappa shape index (κ1) is 52.2. The summed E-state index contributed by atoms with van der Waals surface area (Å²) in [5.41, 5.74) is 3.23. The predicted molar refractivity (Wildman–Crippen MR) is 256 cm³/mol. The van der Waals surface area contributed by atoms with Gasteiger partial charge in [-0.1, -0.05) is 60.7 Å². The Morgan fingerprint density at radius 3 is 2.03 bits per heavy atom. The number of carbonyl (C=O) groups excluding carboxylic acids is 5. The molecule has 0 radical (unpaired) electrons. The van der Waals surface area contributed by atoms with Gasteiger partial charge in [-0.2, -0.15) is 0 Å². The highest BCUT2D eigenvalue weighted by Gasteiger charge is 2.39. The van der Waals surface area contributed by atoms with Gasteiger partial charge in [0.2, 0.25) is 29.5 Å². The van der Waals surface area contributed by atoms with Crippen LogP contribution in [0.25, 0.3) is 0 Å².